The lowest BCUT2D eigenvalue weighted by atomic mass is 9.99. The van der Waals surface area contributed by atoms with Crippen molar-refractivity contribution in [1.82, 2.24) is 10.2 Å². The van der Waals surface area contributed by atoms with Gasteiger partial charge < -0.3 is 15.5 Å². The second kappa shape index (κ2) is 3.62. The Morgan fingerprint density at radius 2 is 2.29 bits per heavy atom. The fourth-order valence-electron chi connectivity index (χ4n) is 1.73. The number of carbonyl (C=O) groups excluding carboxylic acids is 3. The van der Waals surface area contributed by atoms with Gasteiger partial charge in [0.1, 0.15) is 12.3 Å². The molecule has 1 aromatic rings. The lowest BCUT2D eigenvalue weighted by molar-refractivity contribution is -0.134. The van der Waals surface area contributed by atoms with Crippen LogP contribution in [0.3, 0.4) is 0 Å². The number of carbonyl (C=O) groups is 3. The maximum absolute atomic E-state index is 12.0. The molecule has 0 aliphatic carbocycles. The van der Waals surface area contributed by atoms with Crippen molar-refractivity contribution in [2.24, 2.45) is 5.73 Å². The third-order valence-electron chi connectivity index (χ3n) is 2.60. The van der Waals surface area contributed by atoms with Crippen molar-refractivity contribution in [3.05, 3.63) is 24.2 Å². The van der Waals surface area contributed by atoms with Crippen molar-refractivity contribution < 1.29 is 18.8 Å². The summed E-state index contributed by atoms with van der Waals surface area (Å²) in [5.41, 5.74) is 3.69. The third kappa shape index (κ3) is 1.65. The molecular weight excluding hydrogens is 226 g/mol. The Morgan fingerprint density at radius 3 is 2.82 bits per heavy atom. The zero-order valence-electron chi connectivity index (χ0n) is 9.10. The van der Waals surface area contributed by atoms with E-state index in [0.29, 0.717) is 5.76 Å². The predicted molar refractivity (Wildman–Crippen MR) is 55.5 cm³/mol. The van der Waals surface area contributed by atoms with Gasteiger partial charge in [-0.15, -0.1) is 0 Å². The topological polar surface area (TPSA) is 106 Å². The molecule has 0 bridgehead atoms. The lowest BCUT2D eigenvalue weighted by Gasteiger charge is -2.18. The maximum atomic E-state index is 12.0. The minimum absolute atomic E-state index is 0.308. The summed E-state index contributed by atoms with van der Waals surface area (Å²) in [6.07, 6.45) is 1.40. The average Bonchev–Trinajstić information content (AvgIpc) is 2.83. The zero-order chi connectivity index (χ0) is 12.6. The molecule has 2 rings (SSSR count). The predicted octanol–water partition coefficient (Wildman–Crippen LogP) is -0.468. The number of nitrogens with one attached hydrogen (secondary N) is 1. The Labute approximate surface area is 96.5 Å². The first-order valence-electron chi connectivity index (χ1n) is 4.91. The van der Waals surface area contributed by atoms with E-state index < -0.39 is 29.9 Å². The van der Waals surface area contributed by atoms with Crippen LogP contribution in [0.4, 0.5) is 4.79 Å². The second-order valence-corrected chi connectivity index (χ2v) is 3.89. The molecule has 1 fully saturated rings. The molecule has 7 heteroatoms. The SMILES string of the molecule is C[C@@]1(c2ccco2)NC(=O)N(CC(N)=O)C1=O. The van der Waals surface area contributed by atoms with E-state index in [1.54, 1.807) is 12.1 Å². The van der Waals surface area contributed by atoms with Crippen molar-refractivity contribution in [3.63, 3.8) is 0 Å². The summed E-state index contributed by atoms with van der Waals surface area (Å²) in [5, 5.41) is 2.47. The maximum Gasteiger partial charge on any atom is 0.325 e. The van der Waals surface area contributed by atoms with Crippen LogP contribution >= 0.6 is 0 Å². The molecule has 17 heavy (non-hydrogen) atoms. The summed E-state index contributed by atoms with van der Waals surface area (Å²) >= 11 is 0. The van der Waals surface area contributed by atoms with Crippen molar-refractivity contribution in [1.29, 1.82) is 0 Å². The van der Waals surface area contributed by atoms with Crippen LogP contribution < -0.4 is 11.1 Å². The largest absolute Gasteiger partial charge is 0.466 e. The molecule has 0 aromatic carbocycles. The fraction of sp³-hybridized carbons (Fsp3) is 0.300. The van der Waals surface area contributed by atoms with Crippen molar-refractivity contribution >= 4 is 17.8 Å². The van der Waals surface area contributed by atoms with E-state index in [-0.39, 0.29) is 0 Å². The van der Waals surface area contributed by atoms with Gasteiger partial charge in [-0.25, -0.2) is 4.79 Å². The molecule has 1 saturated heterocycles. The Bertz CT molecular complexity index is 482. The number of imide groups is 1. The lowest BCUT2D eigenvalue weighted by Crippen LogP contribution is -2.42. The molecule has 1 aliphatic heterocycles. The standard InChI is InChI=1S/C10H11N3O4/c1-10(6-3-2-4-17-6)8(15)13(5-7(11)14)9(16)12-10/h2-4H,5H2,1H3,(H2,11,14)(H,12,16)/t10-/m0/s1. The van der Waals surface area contributed by atoms with Crippen LogP contribution in [0.2, 0.25) is 0 Å². The van der Waals surface area contributed by atoms with Gasteiger partial charge in [-0.2, -0.15) is 0 Å². The molecule has 0 radical (unpaired) electrons. The van der Waals surface area contributed by atoms with E-state index in [4.69, 9.17) is 10.2 Å². The Balaban J connectivity index is 2.32. The van der Waals surface area contributed by atoms with Gasteiger partial charge in [-0.1, -0.05) is 0 Å². The molecule has 0 spiro atoms. The molecule has 2 heterocycles. The summed E-state index contributed by atoms with van der Waals surface area (Å²) in [6.45, 7) is 1.06. The summed E-state index contributed by atoms with van der Waals surface area (Å²) < 4.78 is 5.11. The normalized spacial score (nSPS) is 23.9. The van der Waals surface area contributed by atoms with Gasteiger partial charge >= 0.3 is 6.03 Å². The smallest absolute Gasteiger partial charge is 0.325 e. The molecule has 90 valence electrons. The summed E-state index contributed by atoms with van der Waals surface area (Å²) in [6, 6.07) is 2.52. The fourth-order valence-corrected chi connectivity index (χ4v) is 1.73. The highest BCUT2D eigenvalue weighted by molar-refractivity contribution is 6.08. The average molecular weight is 237 g/mol. The number of hydrogen-bond acceptors (Lipinski definition) is 4. The first kappa shape index (κ1) is 11.2. The summed E-state index contributed by atoms with van der Waals surface area (Å²) in [7, 11) is 0. The quantitative estimate of drug-likeness (QED) is 0.693. The van der Waals surface area contributed by atoms with Gasteiger partial charge in [0.2, 0.25) is 5.91 Å². The molecule has 1 atom stereocenters. The van der Waals surface area contributed by atoms with E-state index in [9.17, 15) is 14.4 Å². The van der Waals surface area contributed by atoms with E-state index >= 15 is 0 Å². The number of nitrogens with zero attached hydrogens (tertiary/aromatic N) is 1. The van der Waals surface area contributed by atoms with Gasteiger partial charge in [0.05, 0.1) is 6.26 Å². The summed E-state index contributed by atoms with van der Waals surface area (Å²) in [5.74, 6) is -1.00. The number of furan rings is 1. The van der Waals surface area contributed by atoms with Crippen molar-refractivity contribution in [3.8, 4) is 0 Å². The van der Waals surface area contributed by atoms with Crippen LogP contribution in [0.1, 0.15) is 12.7 Å². The Morgan fingerprint density at radius 1 is 1.59 bits per heavy atom. The molecule has 3 N–H and O–H groups in total. The first-order chi connectivity index (χ1) is 7.95. The van der Waals surface area contributed by atoms with Crippen LogP contribution in [0, 0.1) is 0 Å². The van der Waals surface area contributed by atoms with E-state index in [2.05, 4.69) is 5.32 Å². The van der Waals surface area contributed by atoms with Crippen LogP contribution in [-0.2, 0) is 15.1 Å². The first-order valence-corrected chi connectivity index (χ1v) is 4.91. The second-order valence-electron chi connectivity index (χ2n) is 3.89. The van der Waals surface area contributed by atoms with Gasteiger partial charge in [0, 0.05) is 0 Å². The van der Waals surface area contributed by atoms with E-state index in [0.717, 1.165) is 4.90 Å². The number of rotatable bonds is 3. The molecule has 0 unspecified atom stereocenters. The highest BCUT2D eigenvalue weighted by atomic mass is 16.3. The van der Waals surface area contributed by atoms with Crippen LogP contribution in [0.15, 0.2) is 22.8 Å². The number of hydrogen-bond donors (Lipinski definition) is 2. The highest BCUT2D eigenvalue weighted by Gasteiger charge is 2.51. The minimum atomic E-state index is -1.28. The van der Waals surface area contributed by atoms with Gasteiger partial charge in [0.15, 0.2) is 5.54 Å². The molecular formula is C10H11N3O4. The Kier molecular flexibility index (Phi) is 2.38. The third-order valence-corrected chi connectivity index (χ3v) is 2.60. The monoisotopic (exact) mass is 237 g/mol. The summed E-state index contributed by atoms with van der Waals surface area (Å²) in [4.78, 5) is 35.2. The minimum Gasteiger partial charge on any atom is -0.466 e. The van der Waals surface area contributed by atoms with Crippen LogP contribution in [-0.4, -0.2) is 29.3 Å². The number of primary amides is 1. The van der Waals surface area contributed by atoms with Crippen LogP contribution in [0.5, 0.6) is 0 Å². The van der Waals surface area contributed by atoms with E-state index in [1.807, 2.05) is 0 Å². The molecule has 1 aliphatic rings. The zero-order valence-corrected chi connectivity index (χ0v) is 9.10. The van der Waals surface area contributed by atoms with Crippen molar-refractivity contribution in [2.45, 2.75) is 12.5 Å². The van der Waals surface area contributed by atoms with Gasteiger partial charge in [-0.05, 0) is 19.1 Å². The van der Waals surface area contributed by atoms with Gasteiger partial charge in [-0.3, -0.25) is 14.5 Å². The molecule has 1 aromatic heterocycles. The molecule has 7 nitrogen and oxygen atoms in total. The Hall–Kier alpha value is -2.31. The number of nitrogens with two attached hydrogens (primary N) is 1. The molecule has 4 amide bonds. The number of amides is 4. The molecule has 0 saturated carbocycles. The van der Waals surface area contributed by atoms with E-state index in [1.165, 1.54) is 13.2 Å². The van der Waals surface area contributed by atoms with Crippen LogP contribution in [0.25, 0.3) is 0 Å². The number of urea groups is 1. The highest BCUT2D eigenvalue weighted by Crippen LogP contribution is 2.28. The van der Waals surface area contributed by atoms with Gasteiger partial charge in [0.25, 0.3) is 5.91 Å². The van der Waals surface area contributed by atoms with Crippen molar-refractivity contribution in [2.75, 3.05) is 6.54 Å².